The summed E-state index contributed by atoms with van der Waals surface area (Å²) in [4.78, 5) is 12.5. The van der Waals surface area contributed by atoms with Gasteiger partial charge in [-0.3, -0.25) is 4.79 Å². The van der Waals surface area contributed by atoms with Crippen molar-refractivity contribution in [3.8, 4) is 0 Å². The van der Waals surface area contributed by atoms with Crippen LogP contribution in [0, 0.1) is 0 Å². The summed E-state index contributed by atoms with van der Waals surface area (Å²) < 4.78 is 11.0. The minimum Gasteiger partial charge on any atom is -0.394 e. The molecule has 1 rings (SSSR count). The fourth-order valence-electron chi connectivity index (χ4n) is 3.92. The highest BCUT2D eigenvalue weighted by atomic mass is 16.7. The Morgan fingerprint density at radius 2 is 1.58 bits per heavy atom. The molecule has 0 aromatic rings. The van der Waals surface area contributed by atoms with E-state index in [9.17, 15) is 30.3 Å². The summed E-state index contributed by atoms with van der Waals surface area (Å²) in [6.45, 7) is 3.51. The summed E-state index contributed by atoms with van der Waals surface area (Å²) in [6, 6.07) is -0.808. The molecule has 1 amide bonds. The highest BCUT2D eigenvalue weighted by molar-refractivity contribution is 5.76. The number of carbonyl (C=O) groups is 1. The second-order valence-electron chi connectivity index (χ2n) is 9.48. The number of aliphatic hydroxyl groups excluding tert-OH is 5. The topological polar surface area (TPSA) is 149 Å². The Bertz CT molecular complexity index is 627. The quantitative estimate of drug-likeness (QED) is 0.113. The van der Waals surface area contributed by atoms with Crippen molar-refractivity contribution in [2.75, 3.05) is 13.2 Å². The average Bonchev–Trinajstić information content (AvgIpc) is 2.87. The number of aliphatic hydroxyl groups is 5. The maximum absolute atomic E-state index is 12.5. The van der Waals surface area contributed by atoms with Crippen molar-refractivity contribution in [2.45, 2.75) is 127 Å². The Kier molecular flexibility index (Phi) is 17.9. The van der Waals surface area contributed by atoms with Crippen molar-refractivity contribution in [2.24, 2.45) is 0 Å². The zero-order valence-corrected chi connectivity index (χ0v) is 22.0. The highest BCUT2D eigenvalue weighted by Crippen LogP contribution is 2.22. The Morgan fingerprint density at radius 1 is 0.917 bits per heavy atom. The van der Waals surface area contributed by atoms with Crippen molar-refractivity contribution in [3.05, 3.63) is 24.3 Å². The molecule has 9 nitrogen and oxygen atoms in total. The number of hydrogen-bond acceptors (Lipinski definition) is 8. The normalized spacial score (nSPS) is 26.5. The molecule has 0 aliphatic carbocycles. The van der Waals surface area contributed by atoms with E-state index in [-0.39, 0.29) is 12.5 Å². The van der Waals surface area contributed by atoms with Gasteiger partial charge in [-0.1, -0.05) is 76.7 Å². The van der Waals surface area contributed by atoms with Crippen LogP contribution >= 0.6 is 0 Å². The monoisotopic (exact) mass is 515 g/mol. The van der Waals surface area contributed by atoms with Crippen LogP contribution < -0.4 is 5.32 Å². The van der Waals surface area contributed by atoms with Crippen molar-refractivity contribution in [3.63, 3.8) is 0 Å². The van der Waals surface area contributed by atoms with Gasteiger partial charge < -0.3 is 40.3 Å². The number of ether oxygens (including phenoxy) is 2. The molecule has 0 bridgehead atoms. The van der Waals surface area contributed by atoms with E-state index in [1.54, 1.807) is 6.08 Å². The van der Waals surface area contributed by atoms with Crippen LogP contribution in [-0.4, -0.2) is 87.5 Å². The third-order valence-corrected chi connectivity index (χ3v) is 6.28. The summed E-state index contributed by atoms with van der Waals surface area (Å²) in [5, 5.41) is 53.0. The van der Waals surface area contributed by atoms with Crippen LogP contribution in [0.4, 0.5) is 0 Å². The molecule has 7 unspecified atom stereocenters. The van der Waals surface area contributed by atoms with Crippen LogP contribution in [0.15, 0.2) is 24.3 Å². The molecular formula is C27H49NO8. The van der Waals surface area contributed by atoms with Crippen molar-refractivity contribution in [1.82, 2.24) is 5.32 Å². The van der Waals surface area contributed by atoms with Gasteiger partial charge in [0.2, 0.25) is 5.91 Å². The second-order valence-corrected chi connectivity index (χ2v) is 9.48. The predicted molar refractivity (Wildman–Crippen MR) is 138 cm³/mol. The molecule has 0 spiro atoms. The molecule has 36 heavy (non-hydrogen) atoms. The minimum absolute atomic E-state index is 0.202. The van der Waals surface area contributed by atoms with E-state index >= 15 is 0 Å². The molecule has 1 fully saturated rings. The van der Waals surface area contributed by atoms with Crippen LogP contribution in [0.5, 0.6) is 0 Å². The van der Waals surface area contributed by atoms with Crippen LogP contribution in [-0.2, 0) is 14.3 Å². The van der Waals surface area contributed by atoms with Crippen LogP contribution in [0.25, 0.3) is 0 Å². The van der Waals surface area contributed by atoms with E-state index in [2.05, 4.69) is 31.3 Å². The van der Waals surface area contributed by atoms with Crippen LogP contribution in [0.1, 0.15) is 84.5 Å². The number of unbranched alkanes of at least 4 members (excludes halogenated alkanes) is 7. The largest absolute Gasteiger partial charge is 0.394 e. The third kappa shape index (κ3) is 12.8. The first-order chi connectivity index (χ1) is 17.3. The molecule has 6 N–H and O–H groups in total. The van der Waals surface area contributed by atoms with Gasteiger partial charge in [-0.25, -0.2) is 0 Å². The molecule has 0 radical (unpaired) electrons. The van der Waals surface area contributed by atoms with E-state index in [0.717, 1.165) is 57.8 Å². The third-order valence-electron chi connectivity index (χ3n) is 6.28. The zero-order chi connectivity index (χ0) is 26.8. The average molecular weight is 516 g/mol. The van der Waals surface area contributed by atoms with Gasteiger partial charge >= 0.3 is 0 Å². The number of carbonyl (C=O) groups excluding carboxylic acids is 1. The summed E-state index contributed by atoms with van der Waals surface area (Å²) in [7, 11) is 0. The standard InChI is InChI=1S/C27H49NO8/c1-3-5-7-9-10-11-13-14-16-21(30)20(28-23(31)17-15-12-8-6-4-2)19-35-27-26(34)25(33)24(32)22(18-29)36-27/h9-10,14,16,20-22,24-27,29-30,32-34H,3-8,11-13,15,17-19H2,1-2H3,(H,28,31)/b10-9+,16-14+. The molecule has 0 aromatic heterocycles. The maximum atomic E-state index is 12.5. The molecule has 7 atom stereocenters. The van der Waals surface area contributed by atoms with Crippen molar-refractivity contribution in [1.29, 1.82) is 0 Å². The number of amides is 1. The number of allylic oxidation sites excluding steroid dienone is 3. The van der Waals surface area contributed by atoms with Gasteiger partial charge in [0.05, 0.1) is 25.4 Å². The molecule has 210 valence electrons. The fourth-order valence-corrected chi connectivity index (χ4v) is 3.92. The van der Waals surface area contributed by atoms with Gasteiger partial charge in [0.25, 0.3) is 0 Å². The van der Waals surface area contributed by atoms with E-state index in [1.165, 1.54) is 6.42 Å². The smallest absolute Gasteiger partial charge is 0.220 e. The second kappa shape index (κ2) is 19.7. The fraction of sp³-hybridized carbons (Fsp3) is 0.815. The number of hydrogen-bond donors (Lipinski definition) is 6. The van der Waals surface area contributed by atoms with Gasteiger partial charge in [0, 0.05) is 6.42 Å². The summed E-state index contributed by atoms with van der Waals surface area (Å²) in [5.74, 6) is -0.208. The number of rotatable bonds is 19. The van der Waals surface area contributed by atoms with Gasteiger partial charge in [-0.05, 0) is 25.7 Å². The SMILES string of the molecule is CCCC/C=C/CC/C=C/C(O)C(COC1OC(CO)C(O)C(O)C1O)NC(=O)CCCCCCC. The first kappa shape index (κ1) is 32.7. The number of nitrogens with one attached hydrogen (secondary N) is 1. The van der Waals surface area contributed by atoms with Crippen LogP contribution in [0.3, 0.4) is 0 Å². The summed E-state index contributed by atoms with van der Waals surface area (Å²) in [6.07, 6.45) is 10.0. The Hall–Kier alpha value is -1.33. The molecule has 1 saturated heterocycles. The first-order valence-electron chi connectivity index (χ1n) is 13.6. The Balaban J connectivity index is 2.68. The predicted octanol–water partition coefficient (Wildman–Crippen LogP) is 2.09. The molecule has 1 heterocycles. The van der Waals surface area contributed by atoms with Crippen molar-refractivity contribution < 1.29 is 39.8 Å². The van der Waals surface area contributed by atoms with Crippen molar-refractivity contribution >= 4 is 5.91 Å². The van der Waals surface area contributed by atoms with Gasteiger partial charge in [0.15, 0.2) is 6.29 Å². The lowest BCUT2D eigenvalue weighted by Gasteiger charge is -2.40. The lowest BCUT2D eigenvalue weighted by molar-refractivity contribution is -0.302. The minimum atomic E-state index is -1.56. The van der Waals surface area contributed by atoms with Gasteiger partial charge in [0.1, 0.15) is 24.4 Å². The molecule has 0 saturated carbocycles. The summed E-state index contributed by atoms with van der Waals surface area (Å²) >= 11 is 0. The van der Waals surface area contributed by atoms with Gasteiger partial charge in [-0.2, -0.15) is 0 Å². The Labute approximate surface area is 216 Å². The van der Waals surface area contributed by atoms with Crippen LogP contribution in [0.2, 0.25) is 0 Å². The Morgan fingerprint density at radius 3 is 2.28 bits per heavy atom. The van der Waals surface area contributed by atoms with E-state index in [0.29, 0.717) is 6.42 Å². The molecule has 1 aliphatic heterocycles. The lowest BCUT2D eigenvalue weighted by atomic mass is 9.99. The van der Waals surface area contributed by atoms with E-state index in [4.69, 9.17) is 9.47 Å². The first-order valence-corrected chi connectivity index (χ1v) is 13.6. The summed E-state index contributed by atoms with van der Waals surface area (Å²) in [5.41, 5.74) is 0. The molecule has 0 aromatic carbocycles. The molecular weight excluding hydrogens is 466 g/mol. The lowest BCUT2D eigenvalue weighted by Crippen LogP contribution is -2.60. The zero-order valence-electron chi connectivity index (χ0n) is 22.0. The molecule has 1 aliphatic rings. The van der Waals surface area contributed by atoms with E-state index in [1.807, 2.05) is 6.08 Å². The molecule has 9 heteroatoms. The highest BCUT2D eigenvalue weighted by Gasteiger charge is 2.44. The maximum Gasteiger partial charge on any atom is 0.220 e. The van der Waals surface area contributed by atoms with E-state index < -0.39 is 49.5 Å². The van der Waals surface area contributed by atoms with Gasteiger partial charge in [-0.15, -0.1) is 0 Å².